The van der Waals surface area contributed by atoms with Crippen LogP contribution >= 0.6 is 11.8 Å². The van der Waals surface area contributed by atoms with Gasteiger partial charge >= 0.3 is 5.63 Å². The number of fused-ring (bicyclic) bond motifs is 2. The van der Waals surface area contributed by atoms with Gasteiger partial charge in [0.1, 0.15) is 11.3 Å². The predicted molar refractivity (Wildman–Crippen MR) is 120 cm³/mol. The molecule has 0 aliphatic carbocycles. The van der Waals surface area contributed by atoms with Crippen LogP contribution in [0.4, 0.5) is 0 Å². The number of imidazole rings is 1. The molecular formula is C24H18N2O3S. The molecule has 0 atom stereocenters. The van der Waals surface area contributed by atoms with Crippen molar-refractivity contribution in [2.45, 2.75) is 10.9 Å². The lowest BCUT2D eigenvalue weighted by Crippen LogP contribution is -2.01. The molecule has 5 aromatic rings. The van der Waals surface area contributed by atoms with E-state index in [0.717, 1.165) is 32.8 Å². The SMILES string of the molecule is COc1ccc2c(CSc3nc4ccccc4n3-c3ccccc3)cc(=O)oc2c1. The number of ether oxygens (including phenoxy) is 1. The van der Waals surface area contributed by atoms with Crippen LogP contribution in [-0.2, 0) is 5.75 Å². The van der Waals surface area contributed by atoms with E-state index >= 15 is 0 Å². The first-order valence-corrected chi connectivity index (χ1v) is 10.5. The molecule has 5 rings (SSSR count). The standard InChI is InChI=1S/C24H18N2O3S/c1-28-18-11-12-19-16(13-23(27)29-22(19)14-18)15-30-24-25-20-9-5-6-10-21(20)26(24)17-7-3-2-4-8-17/h2-14H,15H2,1H3. The van der Waals surface area contributed by atoms with Crippen molar-refractivity contribution < 1.29 is 9.15 Å². The molecule has 0 saturated heterocycles. The molecule has 6 heteroatoms. The Kier molecular flexibility index (Phi) is 4.77. The smallest absolute Gasteiger partial charge is 0.336 e. The van der Waals surface area contributed by atoms with Crippen molar-refractivity contribution in [1.29, 1.82) is 0 Å². The van der Waals surface area contributed by atoms with E-state index in [9.17, 15) is 4.79 Å². The van der Waals surface area contributed by atoms with Crippen molar-refractivity contribution >= 4 is 33.8 Å². The molecule has 0 unspecified atom stereocenters. The van der Waals surface area contributed by atoms with Gasteiger partial charge in [0.05, 0.1) is 18.1 Å². The van der Waals surface area contributed by atoms with Crippen LogP contribution in [0.2, 0.25) is 0 Å². The number of methoxy groups -OCH3 is 1. The van der Waals surface area contributed by atoms with Crippen LogP contribution in [0.1, 0.15) is 5.56 Å². The second kappa shape index (κ2) is 7.72. The predicted octanol–water partition coefficient (Wildman–Crippen LogP) is 5.43. The number of hydrogen-bond acceptors (Lipinski definition) is 5. The first kappa shape index (κ1) is 18.5. The van der Waals surface area contributed by atoms with E-state index in [4.69, 9.17) is 14.1 Å². The molecule has 0 bridgehead atoms. The molecule has 0 fully saturated rings. The Hall–Kier alpha value is -3.51. The number of thioether (sulfide) groups is 1. The summed E-state index contributed by atoms with van der Waals surface area (Å²) in [6.45, 7) is 0. The lowest BCUT2D eigenvalue weighted by molar-refractivity contribution is 0.414. The van der Waals surface area contributed by atoms with E-state index in [2.05, 4.69) is 22.8 Å². The van der Waals surface area contributed by atoms with Gasteiger partial charge in [-0.15, -0.1) is 0 Å². The Morgan fingerprint density at radius 1 is 1.00 bits per heavy atom. The van der Waals surface area contributed by atoms with Crippen LogP contribution in [-0.4, -0.2) is 16.7 Å². The molecule has 0 aliphatic heterocycles. The van der Waals surface area contributed by atoms with Gasteiger partial charge in [0.2, 0.25) is 0 Å². The topological polar surface area (TPSA) is 57.3 Å². The lowest BCUT2D eigenvalue weighted by atomic mass is 10.1. The Labute approximate surface area is 176 Å². The number of hydrogen-bond donors (Lipinski definition) is 0. The van der Waals surface area contributed by atoms with Gasteiger partial charge in [-0.1, -0.05) is 42.1 Å². The van der Waals surface area contributed by atoms with Gasteiger partial charge in [0.15, 0.2) is 5.16 Å². The van der Waals surface area contributed by atoms with Crippen molar-refractivity contribution in [3.63, 3.8) is 0 Å². The second-order valence-electron chi connectivity index (χ2n) is 6.80. The monoisotopic (exact) mass is 414 g/mol. The maximum absolute atomic E-state index is 12.1. The van der Waals surface area contributed by atoms with Crippen molar-refractivity contribution in [2.24, 2.45) is 0 Å². The molecule has 2 heterocycles. The molecule has 3 aromatic carbocycles. The van der Waals surface area contributed by atoms with Gasteiger partial charge in [-0.3, -0.25) is 4.57 Å². The van der Waals surface area contributed by atoms with Crippen LogP contribution in [0.5, 0.6) is 5.75 Å². The minimum atomic E-state index is -0.372. The fraction of sp³-hybridized carbons (Fsp3) is 0.0833. The van der Waals surface area contributed by atoms with Crippen molar-refractivity contribution in [3.8, 4) is 11.4 Å². The molecule has 2 aromatic heterocycles. The highest BCUT2D eigenvalue weighted by Gasteiger charge is 2.14. The van der Waals surface area contributed by atoms with Crippen LogP contribution in [0, 0.1) is 0 Å². The van der Waals surface area contributed by atoms with Crippen molar-refractivity contribution in [3.05, 3.63) is 94.8 Å². The molecule has 5 nitrogen and oxygen atoms in total. The zero-order chi connectivity index (χ0) is 20.5. The number of nitrogens with zero attached hydrogens (tertiary/aromatic N) is 2. The van der Waals surface area contributed by atoms with Gasteiger partial charge in [-0.25, -0.2) is 9.78 Å². The molecule has 0 amide bonds. The van der Waals surface area contributed by atoms with Gasteiger partial charge in [0.25, 0.3) is 0 Å². The van der Waals surface area contributed by atoms with Gasteiger partial charge in [-0.05, 0) is 42.0 Å². The van der Waals surface area contributed by atoms with E-state index in [0.29, 0.717) is 17.1 Å². The third kappa shape index (κ3) is 3.35. The summed E-state index contributed by atoms with van der Waals surface area (Å²) in [7, 11) is 1.59. The van der Waals surface area contributed by atoms with Gasteiger partial charge in [-0.2, -0.15) is 0 Å². The average molecular weight is 414 g/mol. The Bertz CT molecular complexity index is 1410. The van der Waals surface area contributed by atoms with Crippen LogP contribution in [0.25, 0.3) is 27.7 Å². The minimum Gasteiger partial charge on any atom is -0.497 e. The van der Waals surface area contributed by atoms with Crippen molar-refractivity contribution in [1.82, 2.24) is 9.55 Å². The highest BCUT2D eigenvalue weighted by Crippen LogP contribution is 2.32. The molecule has 0 N–H and O–H groups in total. The molecule has 0 spiro atoms. The Morgan fingerprint density at radius 3 is 2.63 bits per heavy atom. The normalized spacial score (nSPS) is 11.2. The molecule has 0 radical (unpaired) electrons. The molecule has 0 aliphatic rings. The first-order valence-electron chi connectivity index (χ1n) is 9.49. The van der Waals surface area contributed by atoms with Crippen molar-refractivity contribution in [2.75, 3.05) is 7.11 Å². The molecule has 148 valence electrons. The lowest BCUT2D eigenvalue weighted by Gasteiger charge is -2.10. The molecule has 0 saturated carbocycles. The Morgan fingerprint density at radius 2 is 1.80 bits per heavy atom. The maximum atomic E-state index is 12.1. The highest BCUT2D eigenvalue weighted by molar-refractivity contribution is 7.98. The number of aromatic nitrogens is 2. The first-order chi connectivity index (χ1) is 14.7. The summed E-state index contributed by atoms with van der Waals surface area (Å²) in [5.41, 5.74) is 4.09. The summed E-state index contributed by atoms with van der Waals surface area (Å²) >= 11 is 1.59. The fourth-order valence-electron chi connectivity index (χ4n) is 3.53. The quantitative estimate of drug-likeness (QED) is 0.283. The Balaban J connectivity index is 1.57. The second-order valence-corrected chi connectivity index (χ2v) is 7.74. The summed E-state index contributed by atoms with van der Waals surface area (Å²) in [6.07, 6.45) is 0. The third-order valence-electron chi connectivity index (χ3n) is 4.94. The van der Waals surface area contributed by atoms with E-state index in [1.165, 1.54) is 0 Å². The molecule has 30 heavy (non-hydrogen) atoms. The van der Waals surface area contributed by atoms with E-state index in [1.807, 2.05) is 48.5 Å². The minimum absolute atomic E-state index is 0.372. The van der Waals surface area contributed by atoms with E-state index in [1.54, 1.807) is 31.0 Å². The largest absolute Gasteiger partial charge is 0.497 e. The molecular weight excluding hydrogens is 396 g/mol. The number of benzene rings is 3. The average Bonchev–Trinajstić information content (AvgIpc) is 3.15. The summed E-state index contributed by atoms with van der Waals surface area (Å²) in [4.78, 5) is 16.9. The maximum Gasteiger partial charge on any atom is 0.336 e. The zero-order valence-corrected chi connectivity index (χ0v) is 17.1. The summed E-state index contributed by atoms with van der Waals surface area (Å²) in [5.74, 6) is 1.24. The van der Waals surface area contributed by atoms with Crippen LogP contribution in [0.15, 0.2) is 93.2 Å². The fourth-order valence-corrected chi connectivity index (χ4v) is 4.55. The highest BCUT2D eigenvalue weighted by atomic mass is 32.2. The summed E-state index contributed by atoms with van der Waals surface area (Å²) < 4.78 is 12.8. The van der Waals surface area contributed by atoms with E-state index in [-0.39, 0.29) is 5.63 Å². The summed E-state index contributed by atoms with van der Waals surface area (Å²) in [5, 5.41) is 1.77. The van der Waals surface area contributed by atoms with E-state index < -0.39 is 0 Å². The number of rotatable bonds is 5. The van der Waals surface area contributed by atoms with Crippen LogP contribution in [0.3, 0.4) is 0 Å². The van der Waals surface area contributed by atoms with Gasteiger partial charge < -0.3 is 9.15 Å². The van der Waals surface area contributed by atoms with Crippen LogP contribution < -0.4 is 10.4 Å². The third-order valence-corrected chi connectivity index (χ3v) is 5.93. The number of para-hydroxylation sites is 3. The van der Waals surface area contributed by atoms with Gasteiger partial charge in [0, 0.05) is 29.0 Å². The summed E-state index contributed by atoms with van der Waals surface area (Å²) in [6, 6.07) is 25.3. The zero-order valence-electron chi connectivity index (χ0n) is 16.2.